The number of rotatable bonds is 2. The van der Waals surface area contributed by atoms with Crippen LogP contribution >= 0.6 is 15.9 Å². The van der Waals surface area contributed by atoms with Crippen LogP contribution in [0.5, 0.6) is 0 Å². The van der Waals surface area contributed by atoms with E-state index in [4.69, 9.17) is 0 Å². The predicted molar refractivity (Wildman–Crippen MR) is 74.0 cm³/mol. The van der Waals surface area contributed by atoms with Crippen LogP contribution in [-0.4, -0.2) is 40.1 Å². The van der Waals surface area contributed by atoms with Gasteiger partial charge >= 0.3 is 0 Å². The summed E-state index contributed by atoms with van der Waals surface area (Å²) in [5.74, 6) is -0.0892. The number of pyridine rings is 1. The zero-order chi connectivity index (χ0) is 13.6. The monoisotopic (exact) mass is 325 g/mol. The summed E-state index contributed by atoms with van der Waals surface area (Å²) in [5, 5.41) is 0.842. The van der Waals surface area contributed by atoms with Gasteiger partial charge in [-0.15, -0.1) is 0 Å². The molecule has 3 heterocycles. The first-order chi connectivity index (χ1) is 9.13. The smallest absolute Gasteiger partial charge is 0.256 e. The number of fused-ring (bicyclic) bond motifs is 3. The molecule has 2 aromatic heterocycles. The lowest BCUT2D eigenvalue weighted by Gasteiger charge is -2.26. The number of hydrogen-bond acceptors (Lipinski definition) is 2. The van der Waals surface area contributed by atoms with Gasteiger partial charge in [0.05, 0.1) is 5.56 Å². The van der Waals surface area contributed by atoms with Crippen molar-refractivity contribution < 1.29 is 9.18 Å². The van der Waals surface area contributed by atoms with Gasteiger partial charge in [-0.2, -0.15) is 0 Å². The molecule has 4 nitrogen and oxygen atoms in total. The van der Waals surface area contributed by atoms with Gasteiger partial charge < -0.3 is 9.47 Å². The molecule has 100 valence electrons. The zero-order valence-corrected chi connectivity index (χ0v) is 12.1. The highest BCUT2D eigenvalue weighted by Gasteiger charge is 2.30. The Hall–Kier alpha value is -1.43. The number of amides is 1. The summed E-state index contributed by atoms with van der Waals surface area (Å²) < 4.78 is 15.2. The van der Waals surface area contributed by atoms with Crippen LogP contribution in [0.25, 0.3) is 11.0 Å². The Morgan fingerprint density at radius 3 is 3.00 bits per heavy atom. The van der Waals surface area contributed by atoms with Crippen molar-refractivity contribution in [2.75, 3.05) is 19.8 Å². The van der Waals surface area contributed by atoms with E-state index in [2.05, 4.69) is 20.9 Å². The highest BCUT2D eigenvalue weighted by atomic mass is 79.9. The number of alkyl halides is 1. The third kappa shape index (κ3) is 1.85. The molecule has 0 aromatic carbocycles. The number of hydrogen-bond donors (Lipinski definition) is 0. The number of carbonyl (C=O) groups is 1. The highest BCUT2D eigenvalue weighted by molar-refractivity contribution is 9.10. The summed E-state index contributed by atoms with van der Waals surface area (Å²) in [6.45, 7) is 0.231. The molecule has 0 atom stereocenters. The average Bonchev–Trinajstić information content (AvgIpc) is 2.67. The van der Waals surface area contributed by atoms with Crippen molar-refractivity contribution in [1.82, 2.24) is 14.5 Å². The summed E-state index contributed by atoms with van der Waals surface area (Å²) in [6, 6.07) is 3.71. The second kappa shape index (κ2) is 4.59. The molecular weight excluding hydrogens is 313 g/mol. The molecule has 0 saturated heterocycles. The van der Waals surface area contributed by atoms with E-state index in [0.717, 1.165) is 27.8 Å². The molecule has 0 spiro atoms. The molecule has 3 rings (SSSR count). The van der Waals surface area contributed by atoms with E-state index in [1.807, 2.05) is 23.7 Å². The van der Waals surface area contributed by atoms with Crippen LogP contribution < -0.4 is 0 Å². The fourth-order valence-corrected chi connectivity index (χ4v) is 2.97. The van der Waals surface area contributed by atoms with Crippen molar-refractivity contribution in [2.24, 2.45) is 7.05 Å². The van der Waals surface area contributed by atoms with Crippen molar-refractivity contribution in [2.45, 2.75) is 6.42 Å². The SMILES string of the molecule is Cn1c2c(c3ccc(Br)nc31)C(=O)N(CCF)CC2. The number of carbonyl (C=O) groups excluding carboxylic acids is 1. The van der Waals surface area contributed by atoms with Crippen molar-refractivity contribution in [3.05, 3.63) is 28.0 Å². The quantitative estimate of drug-likeness (QED) is 0.795. The molecule has 0 fully saturated rings. The summed E-state index contributed by atoms with van der Waals surface area (Å²) in [6.07, 6.45) is 0.742. The normalized spacial score (nSPS) is 15.1. The largest absolute Gasteiger partial charge is 0.336 e. The van der Waals surface area contributed by atoms with Gasteiger partial charge in [0.2, 0.25) is 0 Å². The lowest BCUT2D eigenvalue weighted by molar-refractivity contribution is 0.0729. The van der Waals surface area contributed by atoms with E-state index in [-0.39, 0.29) is 12.5 Å². The minimum absolute atomic E-state index is 0.0892. The van der Waals surface area contributed by atoms with Gasteiger partial charge in [-0.25, -0.2) is 9.37 Å². The first-order valence-corrected chi connectivity index (χ1v) is 6.92. The standard InChI is InChI=1S/C13H13BrFN3O/c1-17-9-4-6-18(7-5-15)13(19)11(9)8-2-3-10(14)16-12(8)17/h2-3H,4-7H2,1H3. The molecule has 0 unspecified atom stereocenters. The first kappa shape index (κ1) is 12.6. The molecule has 1 aliphatic heterocycles. The van der Waals surface area contributed by atoms with Gasteiger partial charge in [-0.3, -0.25) is 4.79 Å². The zero-order valence-electron chi connectivity index (χ0n) is 10.5. The maximum Gasteiger partial charge on any atom is 0.256 e. The van der Waals surface area contributed by atoms with Gasteiger partial charge in [-0.1, -0.05) is 0 Å². The van der Waals surface area contributed by atoms with Crippen LogP contribution in [0.1, 0.15) is 16.1 Å². The Bertz CT molecular complexity index is 667. The molecule has 0 N–H and O–H groups in total. The van der Waals surface area contributed by atoms with Gasteiger partial charge in [0, 0.05) is 37.6 Å². The second-order valence-corrected chi connectivity index (χ2v) is 5.43. The number of nitrogens with zero attached hydrogens (tertiary/aromatic N) is 3. The molecule has 0 aliphatic carbocycles. The maximum atomic E-state index is 12.5. The molecular formula is C13H13BrFN3O. The third-order valence-electron chi connectivity index (χ3n) is 3.60. The number of aryl methyl sites for hydroxylation is 1. The third-order valence-corrected chi connectivity index (χ3v) is 4.04. The summed E-state index contributed by atoms with van der Waals surface area (Å²) in [7, 11) is 1.92. The van der Waals surface area contributed by atoms with E-state index >= 15 is 0 Å². The Balaban J connectivity index is 2.21. The minimum Gasteiger partial charge on any atom is -0.336 e. The van der Waals surface area contributed by atoms with Gasteiger partial charge in [0.1, 0.15) is 16.9 Å². The Morgan fingerprint density at radius 2 is 2.26 bits per heavy atom. The minimum atomic E-state index is -0.504. The molecule has 1 aliphatic rings. The van der Waals surface area contributed by atoms with Crippen LogP contribution in [-0.2, 0) is 13.5 Å². The van der Waals surface area contributed by atoms with Crippen LogP contribution in [0.4, 0.5) is 4.39 Å². The summed E-state index contributed by atoms with van der Waals surface area (Å²) in [4.78, 5) is 18.4. The lowest BCUT2D eigenvalue weighted by Crippen LogP contribution is -2.39. The number of halogens is 2. The van der Waals surface area contributed by atoms with Crippen LogP contribution in [0, 0.1) is 0 Å². The van der Waals surface area contributed by atoms with Crippen LogP contribution in [0.2, 0.25) is 0 Å². The van der Waals surface area contributed by atoms with E-state index in [1.54, 1.807) is 4.90 Å². The van der Waals surface area contributed by atoms with Gasteiger partial charge in [-0.05, 0) is 28.1 Å². The Kier molecular flexibility index (Phi) is 3.05. The Labute approximate surface area is 118 Å². The van der Waals surface area contributed by atoms with Gasteiger partial charge in [0.15, 0.2) is 0 Å². The van der Waals surface area contributed by atoms with Gasteiger partial charge in [0.25, 0.3) is 5.91 Å². The van der Waals surface area contributed by atoms with E-state index < -0.39 is 6.67 Å². The fourth-order valence-electron chi connectivity index (χ4n) is 2.67. The van der Waals surface area contributed by atoms with E-state index in [9.17, 15) is 9.18 Å². The average molecular weight is 326 g/mol. The van der Waals surface area contributed by atoms with Crippen molar-refractivity contribution >= 4 is 32.9 Å². The molecule has 0 saturated carbocycles. The summed E-state index contributed by atoms with van der Waals surface area (Å²) >= 11 is 3.34. The second-order valence-electron chi connectivity index (χ2n) is 4.62. The molecule has 6 heteroatoms. The predicted octanol–water partition coefficient (Wildman–Crippen LogP) is 2.30. The summed E-state index contributed by atoms with van der Waals surface area (Å²) in [5.41, 5.74) is 2.45. The van der Waals surface area contributed by atoms with Crippen molar-refractivity contribution in [1.29, 1.82) is 0 Å². The number of aromatic nitrogens is 2. The van der Waals surface area contributed by atoms with Crippen molar-refractivity contribution in [3.8, 4) is 0 Å². The van der Waals surface area contributed by atoms with E-state index in [0.29, 0.717) is 12.1 Å². The Morgan fingerprint density at radius 1 is 1.47 bits per heavy atom. The van der Waals surface area contributed by atoms with Crippen molar-refractivity contribution in [3.63, 3.8) is 0 Å². The lowest BCUT2D eigenvalue weighted by atomic mass is 10.0. The molecule has 2 aromatic rings. The van der Waals surface area contributed by atoms with E-state index in [1.165, 1.54) is 0 Å². The molecule has 1 amide bonds. The first-order valence-electron chi connectivity index (χ1n) is 6.12. The molecule has 0 bridgehead atoms. The topological polar surface area (TPSA) is 38.1 Å². The molecule has 19 heavy (non-hydrogen) atoms. The molecule has 0 radical (unpaired) electrons. The highest BCUT2D eigenvalue weighted by Crippen LogP contribution is 2.30. The van der Waals surface area contributed by atoms with Crippen LogP contribution in [0.3, 0.4) is 0 Å². The maximum absolute atomic E-state index is 12.5. The fraction of sp³-hybridized carbons (Fsp3) is 0.385. The van der Waals surface area contributed by atoms with Crippen LogP contribution in [0.15, 0.2) is 16.7 Å².